The van der Waals surface area contributed by atoms with Gasteiger partial charge in [-0.3, -0.25) is 4.79 Å². The summed E-state index contributed by atoms with van der Waals surface area (Å²) in [6.07, 6.45) is 1.93. The average molecular weight is 247 g/mol. The number of amides is 1. The van der Waals surface area contributed by atoms with E-state index in [9.17, 15) is 4.79 Å². The number of carbonyl (C=O) groups is 1. The lowest BCUT2D eigenvalue weighted by atomic mass is 10.0. The molecular weight excluding hydrogens is 226 g/mol. The van der Waals surface area contributed by atoms with E-state index >= 15 is 0 Å². The Morgan fingerprint density at radius 2 is 2.06 bits per heavy atom. The predicted molar refractivity (Wildman–Crippen MR) is 71.4 cm³/mol. The van der Waals surface area contributed by atoms with E-state index in [0.29, 0.717) is 5.92 Å². The fourth-order valence-electron chi connectivity index (χ4n) is 2.22. The van der Waals surface area contributed by atoms with Gasteiger partial charge in [-0.1, -0.05) is 26.0 Å². The van der Waals surface area contributed by atoms with Crippen LogP contribution >= 0.6 is 0 Å². The summed E-state index contributed by atoms with van der Waals surface area (Å²) in [7, 11) is 1.66. The van der Waals surface area contributed by atoms with Gasteiger partial charge in [0.2, 0.25) is 5.91 Å². The zero-order chi connectivity index (χ0) is 13.1. The Labute approximate surface area is 109 Å². The average Bonchev–Trinajstić information content (AvgIpc) is 3.13. The molecule has 3 atom stereocenters. The molecule has 0 spiro atoms. The van der Waals surface area contributed by atoms with E-state index < -0.39 is 0 Å². The Morgan fingerprint density at radius 1 is 1.44 bits per heavy atom. The van der Waals surface area contributed by atoms with E-state index in [2.05, 4.69) is 19.2 Å². The molecule has 0 bridgehead atoms. The fraction of sp³-hybridized carbons (Fsp3) is 0.533. The van der Waals surface area contributed by atoms with Crippen molar-refractivity contribution in [3.8, 4) is 5.75 Å². The number of hydrogen-bond acceptors (Lipinski definition) is 2. The highest BCUT2D eigenvalue weighted by atomic mass is 16.5. The summed E-state index contributed by atoms with van der Waals surface area (Å²) in [6, 6.07) is 8.01. The molecule has 3 unspecified atom stereocenters. The molecule has 1 saturated carbocycles. The van der Waals surface area contributed by atoms with Gasteiger partial charge in [-0.25, -0.2) is 0 Å². The monoisotopic (exact) mass is 247 g/mol. The van der Waals surface area contributed by atoms with Gasteiger partial charge in [-0.2, -0.15) is 0 Å². The highest BCUT2D eigenvalue weighted by molar-refractivity contribution is 5.81. The molecule has 18 heavy (non-hydrogen) atoms. The molecule has 1 N–H and O–H groups in total. The molecule has 2 rings (SSSR count). The summed E-state index contributed by atoms with van der Waals surface area (Å²) in [5, 5.41) is 3.13. The summed E-state index contributed by atoms with van der Waals surface area (Å²) < 4.78 is 5.14. The Balaban J connectivity index is 2.00. The van der Waals surface area contributed by atoms with Crippen LogP contribution in [-0.4, -0.2) is 13.0 Å². The van der Waals surface area contributed by atoms with Gasteiger partial charge in [0.15, 0.2) is 0 Å². The van der Waals surface area contributed by atoms with Crippen molar-refractivity contribution in [3.05, 3.63) is 29.8 Å². The molecule has 1 aromatic carbocycles. The molecule has 0 aliphatic heterocycles. The van der Waals surface area contributed by atoms with Crippen molar-refractivity contribution in [2.75, 3.05) is 7.11 Å². The van der Waals surface area contributed by atoms with Crippen LogP contribution < -0.4 is 10.1 Å². The lowest BCUT2D eigenvalue weighted by molar-refractivity contribution is -0.123. The normalized spacial score (nSPS) is 23.3. The number of ether oxygens (including phenoxy) is 1. The van der Waals surface area contributed by atoms with Crippen LogP contribution in [0.25, 0.3) is 0 Å². The second kappa shape index (κ2) is 5.42. The highest BCUT2D eigenvalue weighted by Crippen LogP contribution is 2.38. The van der Waals surface area contributed by atoms with Crippen molar-refractivity contribution in [2.24, 2.45) is 11.8 Å². The standard InChI is InChI=1S/C15H21NO2/c1-4-14(16-15(17)13-9-10(13)2)11-5-7-12(18-3)8-6-11/h5-8,10,13-14H,4,9H2,1-3H3,(H,16,17). The van der Waals surface area contributed by atoms with Crippen LogP contribution in [0, 0.1) is 11.8 Å². The molecule has 3 heteroatoms. The number of hydrogen-bond donors (Lipinski definition) is 1. The highest BCUT2D eigenvalue weighted by Gasteiger charge is 2.39. The third-order valence-electron chi connectivity index (χ3n) is 3.69. The lowest BCUT2D eigenvalue weighted by Gasteiger charge is -2.17. The van der Waals surface area contributed by atoms with Crippen molar-refractivity contribution in [2.45, 2.75) is 32.7 Å². The second-order valence-corrected chi connectivity index (χ2v) is 5.06. The largest absolute Gasteiger partial charge is 0.497 e. The number of nitrogens with one attached hydrogen (secondary N) is 1. The maximum atomic E-state index is 11.9. The van der Waals surface area contributed by atoms with Crippen molar-refractivity contribution < 1.29 is 9.53 Å². The van der Waals surface area contributed by atoms with Crippen LogP contribution in [0.3, 0.4) is 0 Å². The molecule has 1 aliphatic carbocycles. The minimum absolute atomic E-state index is 0.108. The van der Waals surface area contributed by atoms with Crippen LogP contribution in [0.1, 0.15) is 38.3 Å². The summed E-state index contributed by atoms with van der Waals surface area (Å²) in [5.74, 6) is 1.83. The molecule has 1 aliphatic rings. The topological polar surface area (TPSA) is 38.3 Å². The van der Waals surface area contributed by atoms with Crippen molar-refractivity contribution in [1.29, 1.82) is 0 Å². The quantitative estimate of drug-likeness (QED) is 0.868. The third-order valence-corrected chi connectivity index (χ3v) is 3.69. The van der Waals surface area contributed by atoms with Gasteiger partial charge in [0.25, 0.3) is 0 Å². The van der Waals surface area contributed by atoms with Crippen molar-refractivity contribution in [1.82, 2.24) is 5.32 Å². The first-order valence-electron chi connectivity index (χ1n) is 6.60. The van der Waals surface area contributed by atoms with Crippen LogP contribution in [-0.2, 0) is 4.79 Å². The van der Waals surface area contributed by atoms with Crippen molar-refractivity contribution >= 4 is 5.91 Å². The van der Waals surface area contributed by atoms with E-state index in [4.69, 9.17) is 4.74 Å². The van der Waals surface area contributed by atoms with Crippen LogP contribution in [0.15, 0.2) is 24.3 Å². The van der Waals surface area contributed by atoms with Gasteiger partial charge in [-0.05, 0) is 36.5 Å². The molecule has 0 heterocycles. The van der Waals surface area contributed by atoms with Gasteiger partial charge in [0.1, 0.15) is 5.75 Å². The molecule has 1 fully saturated rings. The molecule has 0 aromatic heterocycles. The Kier molecular flexibility index (Phi) is 3.90. The van der Waals surface area contributed by atoms with E-state index in [1.54, 1.807) is 7.11 Å². The van der Waals surface area contributed by atoms with E-state index in [-0.39, 0.29) is 17.9 Å². The first kappa shape index (κ1) is 12.9. The number of rotatable bonds is 5. The molecular formula is C15H21NO2. The van der Waals surface area contributed by atoms with Gasteiger partial charge in [0.05, 0.1) is 13.2 Å². The van der Waals surface area contributed by atoms with E-state index in [1.807, 2.05) is 24.3 Å². The van der Waals surface area contributed by atoms with Gasteiger partial charge < -0.3 is 10.1 Å². The fourth-order valence-corrected chi connectivity index (χ4v) is 2.22. The van der Waals surface area contributed by atoms with Gasteiger partial charge >= 0.3 is 0 Å². The number of carbonyl (C=O) groups excluding carboxylic acids is 1. The molecule has 98 valence electrons. The zero-order valence-corrected chi connectivity index (χ0v) is 11.3. The summed E-state index contributed by atoms with van der Waals surface area (Å²) in [5.41, 5.74) is 1.14. The number of benzene rings is 1. The molecule has 0 radical (unpaired) electrons. The van der Waals surface area contributed by atoms with Gasteiger partial charge in [-0.15, -0.1) is 0 Å². The Bertz CT molecular complexity index is 413. The molecule has 1 amide bonds. The summed E-state index contributed by atoms with van der Waals surface area (Å²) >= 11 is 0. The maximum absolute atomic E-state index is 11.9. The lowest BCUT2D eigenvalue weighted by Crippen LogP contribution is -2.29. The second-order valence-electron chi connectivity index (χ2n) is 5.06. The zero-order valence-electron chi connectivity index (χ0n) is 11.3. The van der Waals surface area contributed by atoms with Crippen LogP contribution in [0.4, 0.5) is 0 Å². The maximum Gasteiger partial charge on any atom is 0.223 e. The molecule has 0 saturated heterocycles. The SMILES string of the molecule is CCC(NC(=O)C1CC1C)c1ccc(OC)cc1. The van der Waals surface area contributed by atoms with Crippen LogP contribution in [0.5, 0.6) is 5.75 Å². The summed E-state index contributed by atoms with van der Waals surface area (Å²) in [6.45, 7) is 4.21. The predicted octanol–water partition coefficient (Wildman–Crippen LogP) is 2.92. The summed E-state index contributed by atoms with van der Waals surface area (Å²) in [4.78, 5) is 11.9. The van der Waals surface area contributed by atoms with Crippen molar-refractivity contribution in [3.63, 3.8) is 0 Å². The van der Waals surface area contributed by atoms with Crippen LogP contribution in [0.2, 0.25) is 0 Å². The Morgan fingerprint density at radius 3 is 2.50 bits per heavy atom. The first-order valence-corrected chi connectivity index (χ1v) is 6.60. The number of methoxy groups -OCH3 is 1. The van der Waals surface area contributed by atoms with E-state index in [0.717, 1.165) is 24.2 Å². The molecule has 1 aromatic rings. The first-order chi connectivity index (χ1) is 8.65. The minimum Gasteiger partial charge on any atom is -0.497 e. The third kappa shape index (κ3) is 2.84. The smallest absolute Gasteiger partial charge is 0.223 e. The molecule has 3 nitrogen and oxygen atoms in total. The van der Waals surface area contributed by atoms with E-state index in [1.165, 1.54) is 0 Å². The Hall–Kier alpha value is -1.51. The minimum atomic E-state index is 0.108. The van der Waals surface area contributed by atoms with Gasteiger partial charge in [0, 0.05) is 5.92 Å².